The van der Waals surface area contributed by atoms with Gasteiger partial charge in [-0.05, 0) is 30.2 Å². The molecule has 0 atom stereocenters. The lowest BCUT2D eigenvalue weighted by molar-refractivity contribution is 0.415. The maximum Gasteiger partial charge on any atom is 0.276 e. The average molecular weight is 345 g/mol. The summed E-state index contributed by atoms with van der Waals surface area (Å²) in [5, 5.41) is 3.05. The molecule has 130 valence electrons. The second kappa shape index (κ2) is 6.52. The van der Waals surface area contributed by atoms with Gasteiger partial charge in [-0.2, -0.15) is 0 Å². The zero-order valence-electron chi connectivity index (χ0n) is 14.7. The van der Waals surface area contributed by atoms with Crippen LogP contribution in [0.2, 0.25) is 0 Å². The molecule has 2 aromatic carbocycles. The van der Waals surface area contributed by atoms with Crippen molar-refractivity contribution in [3.63, 3.8) is 0 Å². The first-order chi connectivity index (χ1) is 12.7. The zero-order valence-corrected chi connectivity index (χ0v) is 14.7. The predicted octanol–water partition coefficient (Wildman–Crippen LogP) is 3.60. The summed E-state index contributed by atoms with van der Waals surface area (Å²) in [5.74, 6) is 0.792. The van der Waals surface area contributed by atoms with E-state index in [0.717, 1.165) is 28.1 Å². The quantitative estimate of drug-likeness (QED) is 0.615. The second-order valence-corrected chi connectivity index (χ2v) is 6.22. The van der Waals surface area contributed by atoms with Gasteiger partial charge in [0.15, 0.2) is 5.65 Å². The van der Waals surface area contributed by atoms with E-state index in [1.165, 1.54) is 4.52 Å². The van der Waals surface area contributed by atoms with Crippen LogP contribution >= 0.6 is 0 Å². The molecule has 0 fully saturated rings. The molecule has 0 aliphatic carbocycles. The number of hydrogen-bond donors (Lipinski definition) is 1. The molecule has 4 rings (SSSR count). The van der Waals surface area contributed by atoms with Crippen LogP contribution < -0.4 is 10.3 Å². The van der Waals surface area contributed by atoms with Gasteiger partial charge in [0.2, 0.25) is 0 Å². The van der Waals surface area contributed by atoms with E-state index in [0.29, 0.717) is 17.6 Å². The van der Waals surface area contributed by atoms with Gasteiger partial charge in [0.05, 0.1) is 7.11 Å². The van der Waals surface area contributed by atoms with Gasteiger partial charge in [-0.1, -0.05) is 42.5 Å². The third-order valence-electron chi connectivity index (χ3n) is 4.59. The fraction of sp³-hybridized carbons (Fsp3) is 0.143. The van der Waals surface area contributed by atoms with E-state index in [2.05, 4.69) is 5.10 Å². The molecule has 5 heteroatoms. The van der Waals surface area contributed by atoms with Gasteiger partial charge in [-0.25, -0.2) is 9.50 Å². The minimum absolute atomic E-state index is 0.0592. The number of nitrogens with one attached hydrogen (secondary N) is 1. The van der Waals surface area contributed by atoms with Crippen LogP contribution in [0.1, 0.15) is 16.8 Å². The van der Waals surface area contributed by atoms with Crippen LogP contribution in [-0.2, 0) is 6.42 Å². The van der Waals surface area contributed by atoms with Gasteiger partial charge in [0.25, 0.3) is 5.56 Å². The predicted molar refractivity (Wildman–Crippen MR) is 102 cm³/mol. The summed E-state index contributed by atoms with van der Waals surface area (Å²) in [6, 6.07) is 17.7. The lowest BCUT2D eigenvalue weighted by Crippen LogP contribution is -2.22. The number of hydrogen-bond acceptors (Lipinski definition) is 3. The fourth-order valence-corrected chi connectivity index (χ4v) is 3.14. The number of rotatable bonds is 4. The number of aryl methyl sites for hydroxylation is 1. The van der Waals surface area contributed by atoms with Crippen molar-refractivity contribution in [3.8, 4) is 16.9 Å². The third kappa shape index (κ3) is 2.77. The summed E-state index contributed by atoms with van der Waals surface area (Å²) in [7, 11) is 1.64. The number of aromatic nitrogens is 3. The number of ether oxygens (including phenoxy) is 1. The minimum atomic E-state index is -0.0592. The van der Waals surface area contributed by atoms with E-state index in [-0.39, 0.29) is 5.56 Å². The third-order valence-corrected chi connectivity index (χ3v) is 4.59. The van der Waals surface area contributed by atoms with Gasteiger partial charge in [0, 0.05) is 29.4 Å². The molecule has 1 N–H and O–H groups in total. The van der Waals surface area contributed by atoms with E-state index in [9.17, 15) is 4.79 Å². The van der Waals surface area contributed by atoms with Crippen molar-refractivity contribution in [3.05, 3.63) is 88.0 Å². The second-order valence-electron chi connectivity index (χ2n) is 6.22. The molecule has 2 heterocycles. The van der Waals surface area contributed by atoms with Crippen molar-refractivity contribution < 1.29 is 4.74 Å². The van der Waals surface area contributed by atoms with Crippen LogP contribution in [0, 0.1) is 6.92 Å². The number of aromatic amines is 1. The van der Waals surface area contributed by atoms with Crippen molar-refractivity contribution in [2.45, 2.75) is 13.3 Å². The summed E-state index contributed by atoms with van der Waals surface area (Å²) < 4.78 is 6.72. The first kappa shape index (κ1) is 16.1. The van der Waals surface area contributed by atoms with Gasteiger partial charge in [-0.3, -0.25) is 9.89 Å². The summed E-state index contributed by atoms with van der Waals surface area (Å²) in [6.45, 7) is 1.89. The highest BCUT2D eigenvalue weighted by Crippen LogP contribution is 2.25. The molecule has 5 nitrogen and oxygen atoms in total. The average Bonchev–Trinajstić information content (AvgIpc) is 3.10. The number of H-pyrrole nitrogens is 1. The molecule has 0 saturated heterocycles. The molecule has 4 aromatic rings. The lowest BCUT2D eigenvalue weighted by atomic mass is 10.0. The minimum Gasteiger partial charge on any atom is -0.497 e. The molecule has 0 saturated carbocycles. The van der Waals surface area contributed by atoms with E-state index in [1.807, 2.05) is 67.7 Å². The molecule has 0 bridgehead atoms. The Morgan fingerprint density at radius 2 is 1.81 bits per heavy atom. The molecule has 26 heavy (non-hydrogen) atoms. The summed E-state index contributed by atoms with van der Waals surface area (Å²) in [4.78, 5) is 17.7. The monoisotopic (exact) mass is 345 g/mol. The number of nitrogens with zero attached hydrogens (tertiary/aromatic N) is 2. The lowest BCUT2D eigenvalue weighted by Gasteiger charge is -2.07. The molecular weight excluding hydrogens is 326 g/mol. The van der Waals surface area contributed by atoms with Crippen LogP contribution in [-0.4, -0.2) is 21.7 Å². The zero-order chi connectivity index (χ0) is 18.1. The highest BCUT2D eigenvalue weighted by molar-refractivity contribution is 5.77. The smallest absolute Gasteiger partial charge is 0.276 e. The Morgan fingerprint density at radius 1 is 1.08 bits per heavy atom. The molecule has 0 amide bonds. The summed E-state index contributed by atoms with van der Waals surface area (Å²) in [5.41, 5.74) is 5.00. The van der Waals surface area contributed by atoms with Crippen molar-refractivity contribution in [1.82, 2.24) is 14.6 Å². The Bertz CT molecular complexity index is 1110. The molecule has 2 aromatic heterocycles. The SMILES string of the molecule is COc1ccc(-c2c[nH]n3c(=O)c(Cc4ccccc4)c(C)nc23)cc1. The van der Waals surface area contributed by atoms with Crippen molar-refractivity contribution in [1.29, 1.82) is 0 Å². The van der Waals surface area contributed by atoms with E-state index in [1.54, 1.807) is 7.11 Å². The molecule has 0 unspecified atom stereocenters. The Balaban J connectivity index is 1.81. The molecule has 0 radical (unpaired) electrons. The highest BCUT2D eigenvalue weighted by atomic mass is 16.5. The van der Waals surface area contributed by atoms with Crippen molar-refractivity contribution in [2.75, 3.05) is 7.11 Å². The molecule has 0 spiro atoms. The van der Waals surface area contributed by atoms with Gasteiger partial charge in [-0.15, -0.1) is 0 Å². The van der Waals surface area contributed by atoms with Gasteiger partial charge < -0.3 is 4.74 Å². The number of methoxy groups -OCH3 is 1. The topological polar surface area (TPSA) is 59.4 Å². The molecule has 0 aliphatic rings. The van der Waals surface area contributed by atoms with Gasteiger partial charge >= 0.3 is 0 Å². The first-order valence-corrected chi connectivity index (χ1v) is 8.45. The first-order valence-electron chi connectivity index (χ1n) is 8.45. The summed E-state index contributed by atoms with van der Waals surface area (Å²) >= 11 is 0. The summed E-state index contributed by atoms with van der Waals surface area (Å²) in [6.07, 6.45) is 2.38. The van der Waals surface area contributed by atoms with Crippen LogP contribution in [0.15, 0.2) is 65.6 Å². The Kier molecular flexibility index (Phi) is 4.05. The maximum absolute atomic E-state index is 13.0. The maximum atomic E-state index is 13.0. The Labute approximate surface area is 150 Å². The van der Waals surface area contributed by atoms with E-state index >= 15 is 0 Å². The van der Waals surface area contributed by atoms with Crippen LogP contribution in [0.5, 0.6) is 5.75 Å². The van der Waals surface area contributed by atoms with Crippen LogP contribution in [0.4, 0.5) is 0 Å². The van der Waals surface area contributed by atoms with Gasteiger partial charge in [0.1, 0.15) is 5.75 Å². The Hall–Kier alpha value is -3.34. The number of fused-ring (bicyclic) bond motifs is 1. The fourth-order valence-electron chi connectivity index (χ4n) is 3.14. The molecular formula is C21H19N3O2. The number of benzene rings is 2. The van der Waals surface area contributed by atoms with E-state index in [4.69, 9.17) is 9.72 Å². The van der Waals surface area contributed by atoms with Crippen LogP contribution in [0.3, 0.4) is 0 Å². The van der Waals surface area contributed by atoms with Crippen molar-refractivity contribution >= 4 is 5.65 Å². The molecule has 0 aliphatic heterocycles. The standard InChI is InChI=1S/C21H19N3O2/c1-14-18(12-15-6-4-3-5-7-15)21(25)24-20(23-14)19(13-22-24)16-8-10-17(26-2)11-9-16/h3-11,13,22H,12H2,1-2H3. The largest absolute Gasteiger partial charge is 0.497 e. The highest BCUT2D eigenvalue weighted by Gasteiger charge is 2.15. The van der Waals surface area contributed by atoms with E-state index < -0.39 is 0 Å². The van der Waals surface area contributed by atoms with Crippen molar-refractivity contribution in [2.24, 2.45) is 0 Å². The van der Waals surface area contributed by atoms with Crippen LogP contribution in [0.25, 0.3) is 16.8 Å². The Morgan fingerprint density at radius 3 is 2.50 bits per heavy atom. The normalized spacial score (nSPS) is 11.0.